The fraction of sp³-hybridized carbons (Fsp3) is 0.158. The number of amides is 1. The van der Waals surface area contributed by atoms with Gasteiger partial charge in [-0.05, 0) is 42.1 Å². The molecule has 0 aliphatic heterocycles. The second kappa shape index (κ2) is 6.66. The van der Waals surface area contributed by atoms with Crippen molar-refractivity contribution in [3.63, 3.8) is 0 Å². The predicted octanol–water partition coefficient (Wildman–Crippen LogP) is 3.02. The van der Waals surface area contributed by atoms with E-state index in [-0.39, 0.29) is 29.9 Å². The van der Waals surface area contributed by atoms with Crippen molar-refractivity contribution in [3.8, 4) is 0 Å². The molecule has 1 N–H and O–H groups in total. The third-order valence-corrected chi connectivity index (χ3v) is 3.95. The Morgan fingerprint density at radius 3 is 2.58 bits per heavy atom. The first-order chi connectivity index (χ1) is 11.5. The number of carbonyl (C=O) groups excluding carboxylic acids is 1. The fourth-order valence-electron chi connectivity index (χ4n) is 2.63. The van der Waals surface area contributed by atoms with Crippen molar-refractivity contribution in [2.75, 3.05) is 0 Å². The zero-order valence-electron chi connectivity index (χ0n) is 13.2. The van der Waals surface area contributed by atoms with E-state index < -0.39 is 0 Å². The summed E-state index contributed by atoms with van der Waals surface area (Å²) >= 11 is 0. The third-order valence-electron chi connectivity index (χ3n) is 3.95. The highest BCUT2D eigenvalue weighted by Crippen LogP contribution is 2.13. The number of pyridine rings is 1. The molecule has 3 aromatic rings. The Kier molecular flexibility index (Phi) is 4.42. The van der Waals surface area contributed by atoms with Crippen LogP contribution in [-0.4, -0.2) is 10.5 Å². The van der Waals surface area contributed by atoms with Gasteiger partial charge in [0.1, 0.15) is 12.4 Å². The molecule has 0 saturated heterocycles. The number of nitrogens with zero attached hydrogens (tertiary/aromatic N) is 1. The van der Waals surface area contributed by atoms with Crippen LogP contribution >= 0.6 is 0 Å². The van der Waals surface area contributed by atoms with Crippen LogP contribution in [0.3, 0.4) is 0 Å². The predicted molar refractivity (Wildman–Crippen MR) is 91.2 cm³/mol. The van der Waals surface area contributed by atoms with E-state index in [4.69, 9.17) is 0 Å². The van der Waals surface area contributed by atoms with Crippen molar-refractivity contribution in [2.24, 2.45) is 0 Å². The zero-order chi connectivity index (χ0) is 17.1. The van der Waals surface area contributed by atoms with Crippen LogP contribution in [0.1, 0.15) is 18.5 Å². The lowest BCUT2D eigenvalue weighted by Gasteiger charge is -2.15. The zero-order valence-corrected chi connectivity index (χ0v) is 13.2. The first-order valence-electron chi connectivity index (χ1n) is 7.67. The van der Waals surface area contributed by atoms with Crippen molar-refractivity contribution in [1.29, 1.82) is 0 Å². The highest BCUT2D eigenvalue weighted by molar-refractivity contribution is 5.82. The van der Waals surface area contributed by atoms with Crippen LogP contribution in [0.4, 0.5) is 4.39 Å². The van der Waals surface area contributed by atoms with Gasteiger partial charge in [-0.1, -0.05) is 30.3 Å². The summed E-state index contributed by atoms with van der Waals surface area (Å²) in [6.07, 6.45) is 1.62. The average Bonchev–Trinajstić information content (AvgIpc) is 2.58. The molecule has 0 aliphatic rings. The van der Waals surface area contributed by atoms with Crippen molar-refractivity contribution in [3.05, 3.63) is 82.5 Å². The summed E-state index contributed by atoms with van der Waals surface area (Å²) in [5.74, 6) is -0.593. The van der Waals surface area contributed by atoms with Crippen molar-refractivity contribution < 1.29 is 9.18 Å². The summed E-state index contributed by atoms with van der Waals surface area (Å²) in [4.78, 5) is 24.6. The van der Waals surface area contributed by atoms with E-state index in [1.807, 2.05) is 25.1 Å². The van der Waals surface area contributed by atoms with Gasteiger partial charge in [0.05, 0.1) is 6.04 Å². The van der Waals surface area contributed by atoms with Gasteiger partial charge < -0.3 is 9.88 Å². The van der Waals surface area contributed by atoms with Crippen LogP contribution in [-0.2, 0) is 11.3 Å². The first-order valence-corrected chi connectivity index (χ1v) is 7.67. The monoisotopic (exact) mass is 324 g/mol. The molecule has 0 aliphatic carbocycles. The molecule has 0 unspecified atom stereocenters. The Morgan fingerprint density at radius 2 is 1.83 bits per heavy atom. The fourth-order valence-corrected chi connectivity index (χ4v) is 2.63. The van der Waals surface area contributed by atoms with Gasteiger partial charge in [-0.2, -0.15) is 0 Å². The quantitative estimate of drug-likeness (QED) is 0.802. The molecule has 0 saturated carbocycles. The molecule has 4 nitrogen and oxygen atoms in total. The normalized spacial score (nSPS) is 12.1. The van der Waals surface area contributed by atoms with Gasteiger partial charge in [-0.15, -0.1) is 0 Å². The molecule has 1 aromatic heterocycles. The number of aromatic nitrogens is 1. The van der Waals surface area contributed by atoms with Crippen LogP contribution in [0, 0.1) is 5.82 Å². The Hall–Kier alpha value is -2.95. The smallest absolute Gasteiger partial charge is 0.258 e. The number of rotatable bonds is 4. The maximum atomic E-state index is 12.9. The number of halogens is 1. The molecule has 0 radical (unpaired) electrons. The molecule has 0 spiro atoms. The number of hydrogen-bond donors (Lipinski definition) is 1. The summed E-state index contributed by atoms with van der Waals surface area (Å²) < 4.78 is 14.3. The molecule has 0 bridgehead atoms. The van der Waals surface area contributed by atoms with E-state index in [1.165, 1.54) is 16.7 Å². The van der Waals surface area contributed by atoms with Gasteiger partial charge in [0.15, 0.2) is 0 Å². The van der Waals surface area contributed by atoms with E-state index >= 15 is 0 Å². The molecular weight excluding hydrogens is 307 g/mol. The maximum absolute atomic E-state index is 12.9. The minimum absolute atomic E-state index is 0.0603. The van der Waals surface area contributed by atoms with E-state index in [0.717, 1.165) is 10.9 Å². The lowest BCUT2D eigenvalue weighted by molar-refractivity contribution is -0.122. The van der Waals surface area contributed by atoms with Gasteiger partial charge >= 0.3 is 0 Å². The van der Waals surface area contributed by atoms with E-state index in [0.29, 0.717) is 5.39 Å². The van der Waals surface area contributed by atoms with Gasteiger partial charge in [0.2, 0.25) is 5.91 Å². The summed E-state index contributed by atoms with van der Waals surface area (Å²) in [5.41, 5.74) is 0.605. The number of fused-ring (bicyclic) bond motifs is 1. The molecule has 2 aromatic carbocycles. The van der Waals surface area contributed by atoms with E-state index in [9.17, 15) is 14.0 Å². The molecule has 122 valence electrons. The van der Waals surface area contributed by atoms with Crippen LogP contribution < -0.4 is 10.9 Å². The van der Waals surface area contributed by atoms with Gasteiger partial charge in [0, 0.05) is 11.6 Å². The lowest BCUT2D eigenvalue weighted by Crippen LogP contribution is -2.33. The standard InChI is InChI=1S/C19H17FN2O2/c1-13(14-6-8-16(20)9-7-14)21-18(23)12-22-11-10-15-4-2-3-5-17(15)19(22)24/h2-11,13H,12H2,1H3,(H,21,23)/t13-/m0/s1. The Labute approximate surface area is 138 Å². The first kappa shape index (κ1) is 15.9. The lowest BCUT2D eigenvalue weighted by atomic mass is 10.1. The van der Waals surface area contributed by atoms with Crippen molar-refractivity contribution >= 4 is 16.7 Å². The number of carbonyl (C=O) groups is 1. The highest BCUT2D eigenvalue weighted by Gasteiger charge is 2.11. The van der Waals surface area contributed by atoms with Crippen molar-refractivity contribution in [2.45, 2.75) is 19.5 Å². The summed E-state index contributed by atoms with van der Waals surface area (Å²) in [7, 11) is 0. The molecule has 0 fully saturated rings. The van der Waals surface area contributed by atoms with Gasteiger partial charge in [-0.3, -0.25) is 9.59 Å². The Morgan fingerprint density at radius 1 is 1.12 bits per heavy atom. The molecule has 24 heavy (non-hydrogen) atoms. The Balaban J connectivity index is 1.74. The molecule has 1 amide bonds. The van der Waals surface area contributed by atoms with Crippen LogP contribution in [0.5, 0.6) is 0 Å². The SMILES string of the molecule is C[C@H](NC(=O)Cn1ccc2ccccc2c1=O)c1ccc(F)cc1. The number of nitrogens with one attached hydrogen (secondary N) is 1. The number of hydrogen-bond acceptors (Lipinski definition) is 2. The van der Waals surface area contributed by atoms with Crippen molar-refractivity contribution in [1.82, 2.24) is 9.88 Å². The summed E-state index contributed by atoms with van der Waals surface area (Å²) in [5, 5.41) is 4.25. The minimum atomic E-state index is -0.319. The number of benzene rings is 2. The summed E-state index contributed by atoms with van der Waals surface area (Å²) in [6, 6.07) is 14.8. The van der Waals surface area contributed by atoms with Crippen LogP contribution in [0.25, 0.3) is 10.8 Å². The maximum Gasteiger partial charge on any atom is 0.258 e. The summed E-state index contributed by atoms with van der Waals surface area (Å²) in [6.45, 7) is 1.75. The Bertz CT molecular complexity index is 932. The largest absolute Gasteiger partial charge is 0.348 e. The average molecular weight is 324 g/mol. The van der Waals surface area contributed by atoms with E-state index in [1.54, 1.807) is 30.5 Å². The molecule has 1 atom stereocenters. The molecule has 1 heterocycles. The minimum Gasteiger partial charge on any atom is -0.348 e. The van der Waals surface area contributed by atoms with Gasteiger partial charge in [-0.25, -0.2) is 4.39 Å². The van der Waals surface area contributed by atoms with Gasteiger partial charge in [0.25, 0.3) is 5.56 Å². The van der Waals surface area contributed by atoms with E-state index in [2.05, 4.69) is 5.32 Å². The molecule has 5 heteroatoms. The van der Waals surface area contributed by atoms with Crippen LogP contribution in [0.2, 0.25) is 0 Å². The second-order valence-corrected chi connectivity index (χ2v) is 5.68. The molecular formula is C19H17FN2O2. The topological polar surface area (TPSA) is 51.1 Å². The van der Waals surface area contributed by atoms with Crippen LogP contribution in [0.15, 0.2) is 65.6 Å². The second-order valence-electron chi connectivity index (χ2n) is 5.68. The third kappa shape index (κ3) is 3.35. The highest BCUT2D eigenvalue weighted by atomic mass is 19.1. The molecule has 3 rings (SSSR count).